The SMILES string of the molecule is Clc1ccc(SCc2cnc(Cl)c(Cl)c2)cc1. The van der Waals surface area contributed by atoms with Gasteiger partial charge in [-0.15, -0.1) is 11.8 Å². The molecule has 0 fully saturated rings. The van der Waals surface area contributed by atoms with Crippen molar-refractivity contribution in [3.63, 3.8) is 0 Å². The van der Waals surface area contributed by atoms with Gasteiger partial charge in [0, 0.05) is 21.9 Å². The number of nitrogens with zero attached hydrogens (tertiary/aromatic N) is 1. The topological polar surface area (TPSA) is 12.9 Å². The summed E-state index contributed by atoms with van der Waals surface area (Å²) in [4.78, 5) is 5.16. The minimum Gasteiger partial charge on any atom is -0.243 e. The van der Waals surface area contributed by atoms with Crippen LogP contribution in [0.3, 0.4) is 0 Å². The smallest absolute Gasteiger partial charge is 0.147 e. The maximum absolute atomic E-state index is 5.90. The number of aromatic nitrogens is 1. The zero-order valence-corrected chi connectivity index (χ0v) is 11.7. The van der Waals surface area contributed by atoms with E-state index in [1.54, 1.807) is 18.0 Å². The summed E-state index contributed by atoms with van der Waals surface area (Å²) in [5.74, 6) is 0.797. The van der Waals surface area contributed by atoms with Crippen LogP contribution in [0, 0.1) is 0 Å². The third-order valence-electron chi connectivity index (χ3n) is 2.07. The van der Waals surface area contributed by atoms with Crippen molar-refractivity contribution in [3.8, 4) is 0 Å². The molecule has 0 aliphatic rings. The summed E-state index contributed by atoms with van der Waals surface area (Å²) >= 11 is 19.2. The van der Waals surface area contributed by atoms with Gasteiger partial charge in [-0.25, -0.2) is 4.98 Å². The van der Waals surface area contributed by atoms with E-state index in [4.69, 9.17) is 34.8 Å². The van der Waals surface area contributed by atoms with Crippen molar-refractivity contribution in [2.24, 2.45) is 0 Å². The molecule has 0 atom stereocenters. The van der Waals surface area contributed by atoms with Crippen molar-refractivity contribution in [2.45, 2.75) is 10.6 Å². The van der Waals surface area contributed by atoms with Crippen molar-refractivity contribution in [1.29, 1.82) is 0 Å². The first kappa shape index (κ1) is 13.0. The Morgan fingerprint density at radius 1 is 1.06 bits per heavy atom. The minimum absolute atomic E-state index is 0.340. The molecule has 0 aliphatic carbocycles. The van der Waals surface area contributed by atoms with E-state index in [9.17, 15) is 0 Å². The van der Waals surface area contributed by atoms with Crippen molar-refractivity contribution >= 4 is 46.6 Å². The van der Waals surface area contributed by atoms with Crippen molar-refractivity contribution < 1.29 is 0 Å². The van der Waals surface area contributed by atoms with E-state index in [2.05, 4.69) is 4.98 Å². The molecular weight excluding hydrogens is 297 g/mol. The quantitative estimate of drug-likeness (QED) is 0.561. The van der Waals surface area contributed by atoms with Gasteiger partial charge in [-0.05, 0) is 35.9 Å². The van der Waals surface area contributed by atoms with E-state index >= 15 is 0 Å². The molecule has 0 amide bonds. The Bertz CT molecular complexity index is 514. The monoisotopic (exact) mass is 303 g/mol. The average molecular weight is 305 g/mol. The van der Waals surface area contributed by atoms with Crippen LogP contribution in [0.15, 0.2) is 41.4 Å². The molecule has 0 unspecified atom stereocenters. The van der Waals surface area contributed by atoms with E-state index in [0.717, 1.165) is 21.2 Å². The standard InChI is InChI=1S/C12H8Cl3NS/c13-9-1-3-10(4-2-9)17-7-8-5-11(14)12(15)16-6-8/h1-6H,7H2. The molecule has 0 spiro atoms. The van der Waals surface area contributed by atoms with Crippen LogP contribution >= 0.6 is 46.6 Å². The highest BCUT2D eigenvalue weighted by Gasteiger charge is 2.02. The fraction of sp³-hybridized carbons (Fsp3) is 0.0833. The Morgan fingerprint density at radius 3 is 2.41 bits per heavy atom. The molecular formula is C12H8Cl3NS. The van der Waals surface area contributed by atoms with E-state index in [-0.39, 0.29) is 0 Å². The number of halogens is 3. The van der Waals surface area contributed by atoms with Crippen LogP contribution in [0.5, 0.6) is 0 Å². The number of hydrogen-bond donors (Lipinski definition) is 0. The third kappa shape index (κ3) is 3.78. The van der Waals surface area contributed by atoms with Crippen molar-refractivity contribution in [3.05, 3.63) is 57.3 Å². The van der Waals surface area contributed by atoms with Crippen LogP contribution in [0.4, 0.5) is 0 Å². The van der Waals surface area contributed by atoms with Gasteiger partial charge in [-0.3, -0.25) is 0 Å². The summed E-state index contributed by atoms with van der Waals surface area (Å²) in [5, 5.41) is 1.57. The van der Waals surface area contributed by atoms with Crippen LogP contribution in [0.2, 0.25) is 15.2 Å². The Hall–Kier alpha value is -0.410. The van der Waals surface area contributed by atoms with Crippen LogP contribution in [-0.4, -0.2) is 4.98 Å². The molecule has 1 aromatic carbocycles. The van der Waals surface area contributed by atoms with Gasteiger partial charge in [0.1, 0.15) is 5.15 Å². The second kappa shape index (κ2) is 5.96. The molecule has 2 aromatic rings. The van der Waals surface area contributed by atoms with Crippen LogP contribution in [0.25, 0.3) is 0 Å². The van der Waals surface area contributed by atoms with Gasteiger partial charge in [-0.1, -0.05) is 34.8 Å². The normalized spacial score (nSPS) is 10.5. The summed E-state index contributed by atoms with van der Waals surface area (Å²) in [6.45, 7) is 0. The second-order valence-corrected chi connectivity index (χ2v) is 5.61. The predicted octanol–water partition coefficient (Wildman–Crippen LogP) is 5.33. The molecule has 1 aromatic heterocycles. The molecule has 17 heavy (non-hydrogen) atoms. The summed E-state index contributed by atoms with van der Waals surface area (Å²) in [6.07, 6.45) is 1.73. The largest absolute Gasteiger partial charge is 0.243 e. The number of rotatable bonds is 3. The van der Waals surface area contributed by atoms with Gasteiger partial charge in [0.25, 0.3) is 0 Å². The summed E-state index contributed by atoms with van der Waals surface area (Å²) in [7, 11) is 0. The number of benzene rings is 1. The molecule has 0 radical (unpaired) electrons. The Balaban J connectivity index is 2.02. The summed E-state index contributed by atoms with van der Waals surface area (Å²) in [5.41, 5.74) is 1.04. The van der Waals surface area contributed by atoms with Gasteiger partial charge in [0.2, 0.25) is 0 Å². The van der Waals surface area contributed by atoms with Gasteiger partial charge in [0.15, 0.2) is 0 Å². The number of thioether (sulfide) groups is 1. The molecule has 2 rings (SSSR count). The van der Waals surface area contributed by atoms with Crippen LogP contribution < -0.4 is 0 Å². The molecule has 1 nitrogen and oxygen atoms in total. The lowest BCUT2D eigenvalue weighted by molar-refractivity contribution is 1.25. The zero-order valence-electron chi connectivity index (χ0n) is 8.66. The first-order valence-electron chi connectivity index (χ1n) is 4.83. The molecule has 0 N–H and O–H groups in total. The van der Waals surface area contributed by atoms with Crippen molar-refractivity contribution in [1.82, 2.24) is 4.98 Å². The highest BCUT2D eigenvalue weighted by Crippen LogP contribution is 2.26. The zero-order chi connectivity index (χ0) is 12.3. The summed E-state index contributed by atoms with van der Waals surface area (Å²) in [6, 6.07) is 9.55. The molecule has 0 saturated carbocycles. The lowest BCUT2D eigenvalue weighted by atomic mass is 10.3. The second-order valence-electron chi connectivity index (χ2n) is 3.36. The number of hydrogen-bond acceptors (Lipinski definition) is 2. The minimum atomic E-state index is 0.340. The lowest BCUT2D eigenvalue weighted by Crippen LogP contribution is -1.84. The highest BCUT2D eigenvalue weighted by molar-refractivity contribution is 7.98. The molecule has 0 aliphatic heterocycles. The fourth-order valence-corrected chi connectivity index (χ4v) is 2.48. The van der Waals surface area contributed by atoms with E-state index in [1.165, 1.54) is 0 Å². The van der Waals surface area contributed by atoms with Gasteiger partial charge in [-0.2, -0.15) is 0 Å². The first-order valence-corrected chi connectivity index (χ1v) is 6.95. The van der Waals surface area contributed by atoms with Crippen molar-refractivity contribution in [2.75, 3.05) is 0 Å². The molecule has 0 bridgehead atoms. The third-order valence-corrected chi connectivity index (χ3v) is 4.09. The average Bonchev–Trinajstić information content (AvgIpc) is 2.33. The molecule has 88 valence electrons. The maximum atomic E-state index is 5.90. The van der Waals surface area contributed by atoms with Crippen LogP contribution in [-0.2, 0) is 5.75 Å². The van der Waals surface area contributed by atoms with E-state index in [0.29, 0.717) is 10.2 Å². The summed E-state index contributed by atoms with van der Waals surface area (Å²) < 4.78 is 0. The van der Waals surface area contributed by atoms with E-state index in [1.807, 2.05) is 30.3 Å². The Kier molecular flexibility index (Phi) is 4.57. The maximum Gasteiger partial charge on any atom is 0.147 e. The number of pyridine rings is 1. The molecule has 1 heterocycles. The molecule has 0 saturated heterocycles. The fourth-order valence-electron chi connectivity index (χ4n) is 1.24. The van der Waals surface area contributed by atoms with Gasteiger partial charge < -0.3 is 0 Å². The lowest BCUT2D eigenvalue weighted by Gasteiger charge is -2.03. The van der Waals surface area contributed by atoms with Gasteiger partial charge >= 0.3 is 0 Å². The van der Waals surface area contributed by atoms with Crippen LogP contribution in [0.1, 0.15) is 5.56 Å². The van der Waals surface area contributed by atoms with E-state index < -0.39 is 0 Å². The Morgan fingerprint density at radius 2 is 1.76 bits per heavy atom. The highest BCUT2D eigenvalue weighted by atomic mass is 35.5. The molecule has 5 heteroatoms. The Labute approximate surface area is 119 Å². The predicted molar refractivity (Wildman–Crippen MR) is 75.3 cm³/mol. The van der Waals surface area contributed by atoms with Gasteiger partial charge in [0.05, 0.1) is 5.02 Å². The first-order chi connectivity index (χ1) is 8.15.